The van der Waals surface area contributed by atoms with E-state index in [0.29, 0.717) is 0 Å². The summed E-state index contributed by atoms with van der Waals surface area (Å²) in [6.07, 6.45) is 3.80. The van der Waals surface area contributed by atoms with Gasteiger partial charge in [-0.1, -0.05) is 37.3 Å². The molecule has 1 aliphatic heterocycles. The predicted molar refractivity (Wildman–Crippen MR) is 91.5 cm³/mol. The Kier molecular flexibility index (Phi) is 3.75. The van der Waals surface area contributed by atoms with Crippen molar-refractivity contribution in [1.82, 2.24) is 19.3 Å². The highest BCUT2D eigenvalue weighted by Gasteiger charge is 2.21. The molecule has 6 heteroatoms. The Balaban J connectivity index is 1.59. The van der Waals surface area contributed by atoms with E-state index in [-0.39, 0.29) is 0 Å². The van der Waals surface area contributed by atoms with Crippen molar-refractivity contribution < 1.29 is 0 Å². The maximum Gasteiger partial charge on any atom is 0.205 e. The van der Waals surface area contributed by atoms with Crippen LogP contribution < -0.4 is 4.90 Å². The highest BCUT2D eigenvalue weighted by Crippen LogP contribution is 2.27. The van der Waals surface area contributed by atoms with E-state index in [0.717, 1.165) is 54.0 Å². The van der Waals surface area contributed by atoms with E-state index in [2.05, 4.69) is 26.2 Å². The van der Waals surface area contributed by atoms with Crippen LogP contribution in [0.25, 0.3) is 11.4 Å². The van der Waals surface area contributed by atoms with Gasteiger partial charge in [-0.05, 0) is 12.0 Å². The Bertz CT molecular complexity index is 815. The van der Waals surface area contributed by atoms with Gasteiger partial charge >= 0.3 is 0 Å². The number of rotatable bonds is 3. The number of fused-ring (bicyclic) bond motifs is 1. The summed E-state index contributed by atoms with van der Waals surface area (Å²) in [6, 6.07) is 10.1. The molecule has 0 bridgehead atoms. The van der Waals surface area contributed by atoms with Gasteiger partial charge in [-0.2, -0.15) is 9.36 Å². The van der Waals surface area contributed by atoms with Gasteiger partial charge < -0.3 is 4.90 Å². The average Bonchev–Trinajstić information content (AvgIpc) is 3.11. The van der Waals surface area contributed by atoms with Gasteiger partial charge in [0.25, 0.3) is 0 Å². The number of aryl methyl sites for hydroxylation is 1. The molecule has 0 aliphatic carbocycles. The van der Waals surface area contributed by atoms with Crippen LogP contribution in [0.1, 0.15) is 24.0 Å². The van der Waals surface area contributed by atoms with Crippen molar-refractivity contribution in [2.24, 2.45) is 0 Å². The van der Waals surface area contributed by atoms with Crippen LogP contribution in [0.15, 0.2) is 36.5 Å². The van der Waals surface area contributed by atoms with E-state index < -0.39 is 0 Å². The Labute approximate surface area is 139 Å². The molecular formula is C17H17N5S. The van der Waals surface area contributed by atoms with Gasteiger partial charge in [0.1, 0.15) is 5.82 Å². The first kappa shape index (κ1) is 14.3. The first-order chi connectivity index (χ1) is 11.3. The molecule has 1 aliphatic rings. The molecule has 0 unspecified atom stereocenters. The zero-order chi connectivity index (χ0) is 15.6. The van der Waals surface area contributed by atoms with Crippen molar-refractivity contribution in [2.75, 3.05) is 11.4 Å². The lowest BCUT2D eigenvalue weighted by Crippen LogP contribution is -2.31. The molecule has 3 aromatic rings. The first-order valence-corrected chi connectivity index (χ1v) is 8.58. The molecule has 0 saturated heterocycles. The molecule has 0 spiro atoms. The highest BCUT2D eigenvalue weighted by molar-refractivity contribution is 7.09. The fourth-order valence-electron chi connectivity index (χ4n) is 2.73. The molecular weight excluding hydrogens is 306 g/mol. The molecule has 0 N–H and O–H groups in total. The Morgan fingerprint density at radius 3 is 2.87 bits per heavy atom. The van der Waals surface area contributed by atoms with Crippen molar-refractivity contribution in [1.29, 1.82) is 0 Å². The topological polar surface area (TPSA) is 54.8 Å². The lowest BCUT2D eigenvalue weighted by atomic mass is 10.1. The van der Waals surface area contributed by atoms with Crippen LogP contribution in [0.2, 0.25) is 0 Å². The lowest BCUT2D eigenvalue weighted by Gasteiger charge is -2.27. The van der Waals surface area contributed by atoms with E-state index in [4.69, 9.17) is 4.98 Å². The summed E-state index contributed by atoms with van der Waals surface area (Å²) in [5.74, 6) is 1.71. The average molecular weight is 323 g/mol. The summed E-state index contributed by atoms with van der Waals surface area (Å²) in [5, 5.41) is 0.964. The quantitative estimate of drug-likeness (QED) is 0.741. The summed E-state index contributed by atoms with van der Waals surface area (Å²) in [7, 11) is 0. The summed E-state index contributed by atoms with van der Waals surface area (Å²) in [6.45, 7) is 3.80. The van der Waals surface area contributed by atoms with Crippen LogP contribution in [-0.4, -0.2) is 25.9 Å². The fraction of sp³-hybridized carbons (Fsp3) is 0.294. The van der Waals surface area contributed by atoms with E-state index >= 15 is 0 Å². The van der Waals surface area contributed by atoms with E-state index in [1.54, 1.807) is 0 Å². The number of hydrogen-bond donors (Lipinski definition) is 0. The normalized spacial score (nSPS) is 13.9. The molecule has 2 aromatic heterocycles. The van der Waals surface area contributed by atoms with Crippen LogP contribution in [0.3, 0.4) is 0 Å². The van der Waals surface area contributed by atoms with Crippen LogP contribution >= 0.6 is 11.5 Å². The van der Waals surface area contributed by atoms with E-state index in [1.165, 1.54) is 17.1 Å². The number of anilines is 1. The van der Waals surface area contributed by atoms with Crippen molar-refractivity contribution in [3.63, 3.8) is 0 Å². The highest BCUT2D eigenvalue weighted by atomic mass is 32.1. The molecule has 5 nitrogen and oxygen atoms in total. The second-order valence-corrected chi connectivity index (χ2v) is 6.28. The second kappa shape index (κ2) is 6.04. The van der Waals surface area contributed by atoms with E-state index in [9.17, 15) is 0 Å². The predicted octanol–water partition coefficient (Wildman–Crippen LogP) is 3.12. The monoisotopic (exact) mass is 323 g/mol. The van der Waals surface area contributed by atoms with Crippen molar-refractivity contribution in [3.8, 4) is 11.4 Å². The first-order valence-electron chi connectivity index (χ1n) is 7.81. The SMILES string of the molecule is CCc1ncc2c(n1)CN(c1nc(-c3ccccc3)ns1)CC2. The van der Waals surface area contributed by atoms with Crippen LogP contribution in [-0.2, 0) is 19.4 Å². The van der Waals surface area contributed by atoms with Gasteiger partial charge in [-0.25, -0.2) is 9.97 Å². The molecule has 116 valence electrons. The summed E-state index contributed by atoms with van der Waals surface area (Å²) >= 11 is 1.46. The van der Waals surface area contributed by atoms with Crippen LogP contribution in [0, 0.1) is 0 Å². The van der Waals surface area contributed by atoms with Crippen LogP contribution in [0.4, 0.5) is 5.13 Å². The lowest BCUT2D eigenvalue weighted by molar-refractivity contribution is 0.691. The minimum atomic E-state index is 0.786. The number of nitrogens with zero attached hydrogens (tertiary/aromatic N) is 5. The number of aromatic nitrogens is 4. The molecule has 0 saturated carbocycles. The maximum absolute atomic E-state index is 4.71. The van der Waals surface area contributed by atoms with Gasteiger partial charge in [0, 0.05) is 36.3 Å². The largest absolute Gasteiger partial charge is 0.341 e. The third kappa shape index (κ3) is 2.82. The minimum Gasteiger partial charge on any atom is -0.341 e. The fourth-order valence-corrected chi connectivity index (χ4v) is 3.44. The molecule has 3 heterocycles. The third-order valence-electron chi connectivity index (χ3n) is 4.03. The van der Waals surface area contributed by atoms with Gasteiger partial charge in [-0.3, -0.25) is 0 Å². The zero-order valence-electron chi connectivity index (χ0n) is 12.9. The molecule has 1 aromatic carbocycles. The number of benzene rings is 1. The van der Waals surface area contributed by atoms with Gasteiger partial charge in [-0.15, -0.1) is 0 Å². The Hall–Kier alpha value is -2.34. The molecule has 4 rings (SSSR count). The summed E-state index contributed by atoms with van der Waals surface area (Å²) < 4.78 is 4.51. The minimum absolute atomic E-state index is 0.786. The number of hydrogen-bond acceptors (Lipinski definition) is 6. The van der Waals surface area contributed by atoms with Gasteiger partial charge in [0.2, 0.25) is 5.13 Å². The molecule has 0 fully saturated rings. The summed E-state index contributed by atoms with van der Waals surface area (Å²) in [4.78, 5) is 16.0. The third-order valence-corrected chi connectivity index (χ3v) is 4.81. The van der Waals surface area contributed by atoms with Crippen LogP contribution in [0.5, 0.6) is 0 Å². The second-order valence-electron chi connectivity index (χ2n) is 5.55. The maximum atomic E-state index is 4.71. The molecule has 0 atom stereocenters. The Morgan fingerprint density at radius 1 is 1.17 bits per heavy atom. The Morgan fingerprint density at radius 2 is 2.04 bits per heavy atom. The van der Waals surface area contributed by atoms with Gasteiger partial charge in [0.05, 0.1) is 12.2 Å². The zero-order valence-corrected chi connectivity index (χ0v) is 13.8. The molecule has 0 radical (unpaired) electrons. The molecule has 23 heavy (non-hydrogen) atoms. The van der Waals surface area contributed by atoms with Crippen molar-refractivity contribution in [2.45, 2.75) is 26.3 Å². The van der Waals surface area contributed by atoms with Crippen molar-refractivity contribution in [3.05, 3.63) is 53.6 Å². The van der Waals surface area contributed by atoms with Crippen molar-refractivity contribution >= 4 is 16.7 Å². The summed E-state index contributed by atoms with van der Waals surface area (Å²) in [5.41, 5.74) is 3.44. The standard InChI is InChI=1S/C17H17N5S/c1-2-15-18-10-13-8-9-22(11-14(13)19-15)17-20-16(21-23-17)12-6-4-3-5-7-12/h3-7,10H,2,8-9,11H2,1H3. The van der Waals surface area contributed by atoms with E-state index in [1.807, 2.05) is 36.5 Å². The smallest absolute Gasteiger partial charge is 0.205 e. The molecule has 0 amide bonds. The van der Waals surface area contributed by atoms with Gasteiger partial charge in [0.15, 0.2) is 5.82 Å².